The van der Waals surface area contributed by atoms with E-state index in [1.165, 1.54) is 6.42 Å². The summed E-state index contributed by atoms with van der Waals surface area (Å²) >= 11 is 11.4. The van der Waals surface area contributed by atoms with E-state index in [0.717, 1.165) is 47.0 Å². The highest BCUT2D eigenvalue weighted by atomic mass is 79.9. The summed E-state index contributed by atoms with van der Waals surface area (Å²) in [5.74, 6) is 0.900. The van der Waals surface area contributed by atoms with Crippen LogP contribution in [-0.2, 0) is 21.9 Å². The van der Waals surface area contributed by atoms with E-state index in [2.05, 4.69) is 21.2 Å². The Hall–Kier alpha value is -1.50. The lowest BCUT2D eigenvalue weighted by molar-refractivity contribution is -0.139. The Kier molecular flexibility index (Phi) is 9.94. The van der Waals surface area contributed by atoms with Gasteiger partial charge in [-0.15, -0.1) is 11.8 Å². The largest absolute Gasteiger partial charge is 0.352 e. The van der Waals surface area contributed by atoms with Crippen LogP contribution in [-0.4, -0.2) is 34.6 Å². The molecule has 0 aromatic heterocycles. The number of hydrogen-bond donors (Lipinski definition) is 1. The van der Waals surface area contributed by atoms with E-state index in [0.29, 0.717) is 17.3 Å². The van der Waals surface area contributed by atoms with Gasteiger partial charge >= 0.3 is 0 Å². The highest BCUT2D eigenvalue weighted by molar-refractivity contribution is 9.10. The van der Waals surface area contributed by atoms with Crippen LogP contribution in [0.4, 0.5) is 0 Å². The lowest BCUT2D eigenvalue weighted by Gasteiger charge is -2.31. The predicted molar refractivity (Wildman–Crippen MR) is 137 cm³/mol. The van der Waals surface area contributed by atoms with Crippen molar-refractivity contribution >= 4 is 51.1 Å². The average Bonchev–Trinajstić information content (AvgIpc) is 2.80. The first-order chi connectivity index (χ1) is 15.4. The van der Waals surface area contributed by atoms with Crippen LogP contribution in [0.15, 0.2) is 53.0 Å². The third kappa shape index (κ3) is 7.53. The van der Waals surface area contributed by atoms with Gasteiger partial charge < -0.3 is 10.2 Å². The second kappa shape index (κ2) is 12.7. The summed E-state index contributed by atoms with van der Waals surface area (Å²) in [6, 6.07) is 15.2. The first-order valence-electron chi connectivity index (χ1n) is 11.1. The molecule has 172 valence electrons. The lowest BCUT2D eigenvalue weighted by atomic mass is 9.95. The van der Waals surface area contributed by atoms with E-state index in [9.17, 15) is 9.59 Å². The number of amides is 2. The van der Waals surface area contributed by atoms with Crippen LogP contribution in [0.2, 0.25) is 5.02 Å². The predicted octanol–water partition coefficient (Wildman–Crippen LogP) is 6.20. The molecule has 0 spiro atoms. The number of carbonyl (C=O) groups is 2. The topological polar surface area (TPSA) is 49.4 Å². The minimum absolute atomic E-state index is 0.0571. The van der Waals surface area contributed by atoms with E-state index in [1.807, 2.05) is 55.5 Å². The van der Waals surface area contributed by atoms with Crippen molar-refractivity contribution in [2.75, 3.05) is 5.75 Å². The zero-order valence-electron chi connectivity index (χ0n) is 18.4. The molecule has 1 aliphatic carbocycles. The Morgan fingerprint density at radius 2 is 1.81 bits per heavy atom. The molecular formula is C25H30BrClN2O2S. The minimum Gasteiger partial charge on any atom is -0.352 e. The molecule has 0 radical (unpaired) electrons. The van der Waals surface area contributed by atoms with Crippen molar-refractivity contribution in [3.8, 4) is 0 Å². The van der Waals surface area contributed by atoms with Crippen LogP contribution >= 0.6 is 39.3 Å². The molecule has 2 aromatic carbocycles. The summed E-state index contributed by atoms with van der Waals surface area (Å²) in [6.07, 6.45) is 5.55. The molecular weight excluding hydrogens is 508 g/mol. The number of rotatable bonds is 9. The third-order valence-electron chi connectivity index (χ3n) is 5.82. The zero-order valence-corrected chi connectivity index (χ0v) is 21.5. The maximum absolute atomic E-state index is 13.2. The Morgan fingerprint density at radius 1 is 1.12 bits per heavy atom. The summed E-state index contributed by atoms with van der Waals surface area (Å²) in [7, 11) is 0. The molecule has 1 fully saturated rings. The molecule has 0 aliphatic heterocycles. The summed E-state index contributed by atoms with van der Waals surface area (Å²) in [5.41, 5.74) is 2.00. The maximum atomic E-state index is 13.2. The van der Waals surface area contributed by atoms with Crippen LogP contribution < -0.4 is 5.32 Å². The normalized spacial score (nSPS) is 15.2. The van der Waals surface area contributed by atoms with Gasteiger partial charge in [0.25, 0.3) is 0 Å². The first-order valence-corrected chi connectivity index (χ1v) is 13.4. The van der Waals surface area contributed by atoms with Crippen molar-refractivity contribution in [3.05, 3.63) is 69.2 Å². The fraction of sp³-hybridized carbons (Fsp3) is 0.440. The highest BCUT2D eigenvalue weighted by Crippen LogP contribution is 2.22. The van der Waals surface area contributed by atoms with Gasteiger partial charge in [0.05, 0.1) is 5.75 Å². The Bertz CT molecular complexity index is 903. The van der Waals surface area contributed by atoms with Crippen molar-refractivity contribution in [1.29, 1.82) is 0 Å². The Balaban J connectivity index is 1.65. The van der Waals surface area contributed by atoms with Crippen molar-refractivity contribution in [2.24, 2.45) is 0 Å². The SMILES string of the molecule is C[C@@H](C(=O)NC1CCCCC1)N(Cc1ccccc1Cl)C(=O)CSCc1ccc(Br)cc1. The number of nitrogens with zero attached hydrogens (tertiary/aromatic N) is 1. The number of hydrogen-bond acceptors (Lipinski definition) is 3. The van der Waals surface area contributed by atoms with Gasteiger partial charge in [0, 0.05) is 27.8 Å². The lowest BCUT2D eigenvalue weighted by Crippen LogP contribution is -2.50. The highest BCUT2D eigenvalue weighted by Gasteiger charge is 2.28. The Morgan fingerprint density at radius 3 is 2.50 bits per heavy atom. The molecule has 1 N–H and O–H groups in total. The number of halogens is 2. The number of benzene rings is 2. The average molecular weight is 538 g/mol. The molecule has 0 heterocycles. The van der Waals surface area contributed by atoms with Gasteiger partial charge in [-0.1, -0.05) is 77.1 Å². The van der Waals surface area contributed by atoms with Crippen LogP contribution in [0.3, 0.4) is 0 Å². The number of nitrogens with one attached hydrogen (secondary N) is 1. The molecule has 1 saturated carbocycles. The van der Waals surface area contributed by atoms with Crippen LogP contribution in [0.25, 0.3) is 0 Å². The molecule has 1 aliphatic rings. The number of carbonyl (C=O) groups excluding carboxylic acids is 2. The van der Waals surface area contributed by atoms with Crippen molar-refractivity contribution in [2.45, 2.75) is 63.4 Å². The quantitative estimate of drug-likeness (QED) is 0.414. The zero-order chi connectivity index (χ0) is 22.9. The summed E-state index contributed by atoms with van der Waals surface area (Å²) in [6.45, 7) is 2.13. The van der Waals surface area contributed by atoms with Gasteiger partial charge in [0.1, 0.15) is 6.04 Å². The smallest absolute Gasteiger partial charge is 0.242 e. The summed E-state index contributed by atoms with van der Waals surface area (Å²) < 4.78 is 1.03. The van der Waals surface area contributed by atoms with E-state index in [4.69, 9.17) is 11.6 Å². The Labute approximate surface area is 208 Å². The minimum atomic E-state index is -0.561. The second-order valence-corrected chi connectivity index (χ2v) is 10.6. The molecule has 7 heteroatoms. The molecule has 0 unspecified atom stereocenters. The van der Waals surface area contributed by atoms with E-state index >= 15 is 0 Å². The van der Waals surface area contributed by atoms with Crippen molar-refractivity contribution in [3.63, 3.8) is 0 Å². The summed E-state index contributed by atoms with van der Waals surface area (Å²) in [5, 5.41) is 3.77. The van der Waals surface area contributed by atoms with E-state index in [1.54, 1.807) is 16.7 Å². The van der Waals surface area contributed by atoms with Crippen LogP contribution in [0.1, 0.15) is 50.2 Å². The van der Waals surface area contributed by atoms with Gasteiger partial charge in [0.2, 0.25) is 11.8 Å². The van der Waals surface area contributed by atoms with Gasteiger partial charge in [-0.2, -0.15) is 0 Å². The van der Waals surface area contributed by atoms with E-state index in [-0.39, 0.29) is 17.9 Å². The second-order valence-electron chi connectivity index (χ2n) is 8.25. The molecule has 0 bridgehead atoms. The summed E-state index contributed by atoms with van der Waals surface area (Å²) in [4.78, 5) is 27.9. The maximum Gasteiger partial charge on any atom is 0.242 e. The number of thioether (sulfide) groups is 1. The van der Waals surface area contributed by atoms with E-state index < -0.39 is 6.04 Å². The fourth-order valence-corrected chi connectivity index (χ4v) is 5.21. The first kappa shape index (κ1) is 25.1. The molecule has 4 nitrogen and oxygen atoms in total. The van der Waals surface area contributed by atoms with Gasteiger partial charge in [0.15, 0.2) is 0 Å². The van der Waals surface area contributed by atoms with Crippen LogP contribution in [0.5, 0.6) is 0 Å². The molecule has 2 amide bonds. The fourth-order valence-electron chi connectivity index (χ4n) is 3.88. The van der Waals surface area contributed by atoms with Crippen LogP contribution in [0, 0.1) is 0 Å². The third-order valence-corrected chi connectivity index (χ3v) is 7.71. The molecule has 0 saturated heterocycles. The van der Waals surface area contributed by atoms with Gasteiger partial charge in [-0.3, -0.25) is 9.59 Å². The molecule has 2 aromatic rings. The van der Waals surface area contributed by atoms with Crippen molar-refractivity contribution < 1.29 is 9.59 Å². The molecule has 1 atom stereocenters. The van der Waals surface area contributed by atoms with Gasteiger partial charge in [-0.05, 0) is 49.1 Å². The van der Waals surface area contributed by atoms with Crippen molar-refractivity contribution in [1.82, 2.24) is 10.2 Å². The molecule has 32 heavy (non-hydrogen) atoms. The monoisotopic (exact) mass is 536 g/mol. The van der Waals surface area contributed by atoms with Gasteiger partial charge in [-0.25, -0.2) is 0 Å². The standard InChI is InChI=1S/C25H30BrClN2O2S/c1-18(25(31)28-22-8-3-2-4-9-22)29(15-20-7-5-6-10-23(20)27)24(30)17-32-16-19-11-13-21(26)14-12-19/h5-7,10-14,18,22H,2-4,8-9,15-17H2,1H3,(H,28,31)/t18-/m0/s1. The molecule has 3 rings (SSSR count).